The zero-order valence-corrected chi connectivity index (χ0v) is 18.5. The molecule has 1 saturated heterocycles. The van der Waals surface area contributed by atoms with Gasteiger partial charge in [-0.05, 0) is 31.9 Å². The van der Waals surface area contributed by atoms with Crippen molar-refractivity contribution in [1.29, 1.82) is 0 Å². The van der Waals surface area contributed by atoms with Crippen molar-refractivity contribution in [2.24, 2.45) is 18.0 Å². The Kier molecular flexibility index (Phi) is 7.88. The minimum absolute atomic E-state index is 0. The second-order valence-electron chi connectivity index (χ2n) is 6.53. The normalized spacial score (nSPS) is 15.5. The molecule has 1 N–H and O–H groups in total. The largest absolute Gasteiger partial charge is 0.469 e. The number of ether oxygens (including phenoxy) is 1. The second-order valence-corrected chi connectivity index (χ2v) is 6.53. The number of aryl methyl sites for hydroxylation is 1. The molecule has 2 heterocycles. The van der Waals surface area contributed by atoms with E-state index in [1.165, 1.54) is 7.11 Å². The van der Waals surface area contributed by atoms with Crippen LogP contribution >= 0.6 is 24.0 Å². The molecule has 0 amide bonds. The molecular formula is C19H28IN5O2. The van der Waals surface area contributed by atoms with Gasteiger partial charge in [0, 0.05) is 26.7 Å². The van der Waals surface area contributed by atoms with Crippen LogP contribution in [0.4, 0.5) is 0 Å². The molecule has 0 atom stereocenters. The van der Waals surface area contributed by atoms with Gasteiger partial charge in [0.15, 0.2) is 5.96 Å². The SMILES string of the molecule is CCNC(=NCc1nc2ccccc2n1C)N1CCC(C(=O)OC)CC1.I. The third-order valence-electron chi connectivity index (χ3n) is 4.91. The Bertz CT molecular complexity index is 796. The van der Waals surface area contributed by atoms with E-state index in [-0.39, 0.29) is 35.9 Å². The number of carbonyl (C=O) groups excluding carboxylic acids is 1. The molecule has 2 aromatic rings. The molecule has 0 aliphatic carbocycles. The van der Waals surface area contributed by atoms with E-state index in [0.29, 0.717) is 6.54 Å². The highest BCUT2D eigenvalue weighted by Crippen LogP contribution is 2.19. The summed E-state index contributed by atoms with van der Waals surface area (Å²) in [6.07, 6.45) is 1.59. The van der Waals surface area contributed by atoms with Crippen molar-refractivity contribution in [3.63, 3.8) is 0 Å². The zero-order valence-electron chi connectivity index (χ0n) is 16.1. The number of rotatable bonds is 4. The molecule has 27 heavy (non-hydrogen) atoms. The van der Waals surface area contributed by atoms with Crippen molar-refractivity contribution in [3.05, 3.63) is 30.1 Å². The van der Waals surface area contributed by atoms with Crippen LogP contribution in [0.25, 0.3) is 11.0 Å². The van der Waals surface area contributed by atoms with E-state index < -0.39 is 0 Å². The molecular weight excluding hydrogens is 457 g/mol. The lowest BCUT2D eigenvalue weighted by atomic mass is 9.97. The van der Waals surface area contributed by atoms with Gasteiger partial charge in [0.1, 0.15) is 12.4 Å². The zero-order chi connectivity index (χ0) is 18.5. The Labute approximate surface area is 177 Å². The summed E-state index contributed by atoms with van der Waals surface area (Å²) >= 11 is 0. The number of esters is 1. The lowest BCUT2D eigenvalue weighted by Crippen LogP contribution is -2.46. The summed E-state index contributed by atoms with van der Waals surface area (Å²) < 4.78 is 6.96. The average Bonchev–Trinajstić information content (AvgIpc) is 3.01. The number of aromatic nitrogens is 2. The minimum atomic E-state index is -0.105. The van der Waals surface area contributed by atoms with Crippen molar-refractivity contribution in [3.8, 4) is 0 Å². The highest BCUT2D eigenvalue weighted by molar-refractivity contribution is 14.0. The van der Waals surface area contributed by atoms with Gasteiger partial charge < -0.3 is 19.5 Å². The van der Waals surface area contributed by atoms with Gasteiger partial charge in [-0.3, -0.25) is 4.79 Å². The van der Waals surface area contributed by atoms with Crippen molar-refractivity contribution < 1.29 is 9.53 Å². The average molecular weight is 485 g/mol. The van der Waals surface area contributed by atoms with Crippen LogP contribution in [-0.4, -0.2) is 53.1 Å². The van der Waals surface area contributed by atoms with Gasteiger partial charge in [0.2, 0.25) is 0 Å². The molecule has 1 aliphatic rings. The number of likely N-dealkylation sites (tertiary alicyclic amines) is 1. The van der Waals surface area contributed by atoms with E-state index in [9.17, 15) is 4.79 Å². The number of nitrogens with one attached hydrogen (secondary N) is 1. The highest BCUT2D eigenvalue weighted by atomic mass is 127. The molecule has 1 aromatic carbocycles. The Morgan fingerprint density at radius 2 is 2.04 bits per heavy atom. The summed E-state index contributed by atoms with van der Waals surface area (Å²) in [6, 6.07) is 8.11. The van der Waals surface area contributed by atoms with Gasteiger partial charge in [-0.25, -0.2) is 9.98 Å². The summed E-state index contributed by atoms with van der Waals surface area (Å²) in [7, 11) is 3.48. The number of para-hydroxylation sites is 2. The molecule has 3 rings (SSSR count). The number of hydrogen-bond acceptors (Lipinski definition) is 4. The maximum absolute atomic E-state index is 11.7. The number of guanidine groups is 1. The molecule has 0 saturated carbocycles. The van der Waals surface area contributed by atoms with Crippen molar-refractivity contribution in [2.45, 2.75) is 26.3 Å². The predicted molar refractivity (Wildman–Crippen MR) is 117 cm³/mol. The lowest BCUT2D eigenvalue weighted by Gasteiger charge is -2.33. The van der Waals surface area contributed by atoms with E-state index in [1.807, 2.05) is 25.2 Å². The molecule has 0 bridgehead atoms. The van der Waals surface area contributed by atoms with Crippen LogP contribution in [-0.2, 0) is 23.1 Å². The molecule has 0 unspecified atom stereocenters. The number of fused-ring (bicyclic) bond motifs is 1. The maximum Gasteiger partial charge on any atom is 0.308 e. The Morgan fingerprint density at radius 3 is 2.67 bits per heavy atom. The fourth-order valence-electron chi connectivity index (χ4n) is 3.40. The fourth-order valence-corrected chi connectivity index (χ4v) is 3.40. The van der Waals surface area contributed by atoms with Crippen LogP contribution in [0.5, 0.6) is 0 Å². The number of benzene rings is 1. The summed E-state index contributed by atoms with van der Waals surface area (Å²) in [6.45, 7) is 4.98. The number of aliphatic imine (C=N–C) groups is 1. The number of piperidine rings is 1. The number of imidazole rings is 1. The first-order valence-electron chi connectivity index (χ1n) is 9.15. The van der Waals surface area contributed by atoms with E-state index >= 15 is 0 Å². The molecule has 1 aromatic heterocycles. The smallest absolute Gasteiger partial charge is 0.308 e. The minimum Gasteiger partial charge on any atom is -0.469 e. The molecule has 7 nitrogen and oxygen atoms in total. The summed E-state index contributed by atoms with van der Waals surface area (Å²) in [5.41, 5.74) is 2.10. The van der Waals surface area contributed by atoms with Crippen molar-refractivity contribution >= 4 is 46.9 Å². The van der Waals surface area contributed by atoms with Crippen LogP contribution in [0.1, 0.15) is 25.6 Å². The third kappa shape index (κ3) is 4.91. The standard InChI is InChI=1S/C19H27N5O2.HI/c1-4-20-19(24-11-9-14(10-12-24)18(25)26-3)21-13-17-22-15-7-5-6-8-16(15)23(17)2;/h5-8,14H,4,9-13H2,1-3H3,(H,20,21);1H. The molecule has 8 heteroatoms. The maximum atomic E-state index is 11.7. The fraction of sp³-hybridized carbons (Fsp3) is 0.526. The molecule has 148 valence electrons. The lowest BCUT2D eigenvalue weighted by molar-refractivity contribution is -0.146. The van der Waals surface area contributed by atoms with Gasteiger partial charge in [-0.2, -0.15) is 0 Å². The van der Waals surface area contributed by atoms with E-state index in [2.05, 4.69) is 32.8 Å². The topological polar surface area (TPSA) is 71.8 Å². The van der Waals surface area contributed by atoms with Crippen molar-refractivity contribution in [1.82, 2.24) is 19.8 Å². The van der Waals surface area contributed by atoms with Crippen LogP contribution in [0.15, 0.2) is 29.3 Å². The Balaban J connectivity index is 0.00000261. The van der Waals surface area contributed by atoms with E-state index in [0.717, 1.165) is 55.3 Å². The molecule has 0 radical (unpaired) electrons. The van der Waals surface area contributed by atoms with Crippen LogP contribution in [0.2, 0.25) is 0 Å². The van der Waals surface area contributed by atoms with Gasteiger partial charge in [-0.15, -0.1) is 24.0 Å². The van der Waals surface area contributed by atoms with Crippen molar-refractivity contribution in [2.75, 3.05) is 26.7 Å². The van der Waals surface area contributed by atoms with Gasteiger partial charge in [-0.1, -0.05) is 12.1 Å². The highest BCUT2D eigenvalue weighted by Gasteiger charge is 2.27. The third-order valence-corrected chi connectivity index (χ3v) is 4.91. The number of nitrogens with zero attached hydrogens (tertiary/aromatic N) is 4. The number of halogens is 1. The van der Waals surface area contributed by atoms with E-state index in [4.69, 9.17) is 9.73 Å². The second kappa shape index (κ2) is 9.91. The Hall–Kier alpha value is -1.84. The quantitative estimate of drug-likeness (QED) is 0.312. The number of carbonyl (C=O) groups is 1. The number of hydrogen-bond donors (Lipinski definition) is 1. The van der Waals surface area contributed by atoms with E-state index in [1.54, 1.807) is 0 Å². The van der Waals surface area contributed by atoms with Crippen LogP contribution in [0.3, 0.4) is 0 Å². The first-order valence-corrected chi connectivity index (χ1v) is 9.15. The van der Waals surface area contributed by atoms with Crippen LogP contribution in [0, 0.1) is 5.92 Å². The number of methoxy groups -OCH3 is 1. The molecule has 0 spiro atoms. The predicted octanol–water partition coefficient (Wildman–Crippen LogP) is 2.54. The molecule has 1 fully saturated rings. The van der Waals surface area contributed by atoms with Gasteiger partial charge >= 0.3 is 5.97 Å². The Morgan fingerprint density at radius 1 is 1.33 bits per heavy atom. The first kappa shape index (κ1) is 21.5. The monoisotopic (exact) mass is 485 g/mol. The van der Waals surface area contributed by atoms with Gasteiger partial charge in [0.05, 0.1) is 24.1 Å². The first-order chi connectivity index (χ1) is 12.6. The molecule has 1 aliphatic heterocycles. The van der Waals surface area contributed by atoms with Gasteiger partial charge in [0.25, 0.3) is 0 Å². The van der Waals surface area contributed by atoms with Crippen LogP contribution < -0.4 is 5.32 Å². The summed E-state index contributed by atoms with van der Waals surface area (Å²) in [5, 5.41) is 3.36. The summed E-state index contributed by atoms with van der Waals surface area (Å²) in [5.74, 6) is 1.71. The summed E-state index contributed by atoms with van der Waals surface area (Å²) in [4.78, 5) is 23.4.